The van der Waals surface area contributed by atoms with Crippen LogP contribution < -0.4 is 5.32 Å². The van der Waals surface area contributed by atoms with Crippen molar-refractivity contribution in [1.29, 1.82) is 0 Å². The highest BCUT2D eigenvalue weighted by atomic mass is 19.1. The Morgan fingerprint density at radius 3 is 2.74 bits per heavy atom. The molecule has 8 heteroatoms. The van der Waals surface area contributed by atoms with E-state index >= 15 is 0 Å². The third-order valence-electron chi connectivity index (χ3n) is 3.60. The topological polar surface area (TPSA) is 94.3 Å². The van der Waals surface area contributed by atoms with Crippen molar-refractivity contribution in [2.75, 3.05) is 6.54 Å². The van der Waals surface area contributed by atoms with Gasteiger partial charge in [-0.15, -0.1) is 10.2 Å². The molecule has 0 saturated heterocycles. The Balaban J connectivity index is 1.50. The lowest BCUT2D eigenvalue weighted by molar-refractivity contribution is -0.144. The predicted molar refractivity (Wildman–Crippen MR) is 93.0 cm³/mol. The van der Waals surface area contributed by atoms with E-state index in [4.69, 9.17) is 9.15 Å². The van der Waals surface area contributed by atoms with Gasteiger partial charge in [-0.3, -0.25) is 9.59 Å². The molecule has 1 N–H and O–H groups in total. The number of amides is 1. The van der Waals surface area contributed by atoms with Gasteiger partial charge in [0.15, 0.2) is 6.61 Å². The van der Waals surface area contributed by atoms with Crippen molar-refractivity contribution >= 4 is 11.9 Å². The fourth-order valence-electron chi connectivity index (χ4n) is 2.29. The average Bonchev–Trinajstić information content (AvgIpc) is 3.14. The van der Waals surface area contributed by atoms with Crippen LogP contribution in [0.3, 0.4) is 0 Å². The number of hydrogen-bond donors (Lipinski definition) is 1. The van der Waals surface area contributed by atoms with Crippen molar-refractivity contribution in [3.63, 3.8) is 0 Å². The van der Waals surface area contributed by atoms with Crippen LogP contribution in [0.2, 0.25) is 0 Å². The summed E-state index contributed by atoms with van der Waals surface area (Å²) in [4.78, 5) is 23.6. The summed E-state index contributed by atoms with van der Waals surface area (Å²) in [7, 11) is 0. The molecule has 1 amide bonds. The van der Waals surface area contributed by atoms with Crippen molar-refractivity contribution in [2.45, 2.75) is 13.5 Å². The van der Waals surface area contributed by atoms with Crippen LogP contribution in [0.5, 0.6) is 0 Å². The largest absolute Gasteiger partial charge is 0.454 e. The van der Waals surface area contributed by atoms with E-state index in [0.29, 0.717) is 5.89 Å². The third-order valence-corrected chi connectivity index (χ3v) is 3.60. The van der Waals surface area contributed by atoms with Crippen LogP contribution in [0.1, 0.15) is 21.8 Å². The Labute approximate surface area is 154 Å². The summed E-state index contributed by atoms with van der Waals surface area (Å²) in [5, 5.41) is 10.0. The quantitative estimate of drug-likeness (QED) is 0.672. The monoisotopic (exact) mass is 369 g/mol. The van der Waals surface area contributed by atoms with Crippen LogP contribution in [0.15, 0.2) is 52.9 Å². The van der Waals surface area contributed by atoms with Crippen LogP contribution in [0.25, 0.3) is 11.5 Å². The number of aryl methyl sites for hydroxylation is 1. The third kappa shape index (κ3) is 4.75. The summed E-state index contributed by atoms with van der Waals surface area (Å²) in [6, 6.07) is 13.0. The Hall–Kier alpha value is -3.55. The lowest BCUT2D eigenvalue weighted by atomic mass is 10.1. The standard InChI is InChI=1S/C19H16FN3O4/c1-12-5-4-6-13(9-12)19-23-22-16(27-19)11-26-17(24)10-21-18(25)14-7-2-3-8-15(14)20/h2-9H,10-11H2,1H3,(H,21,25). The van der Waals surface area contributed by atoms with Gasteiger partial charge in [-0.25, -0.2) is 4.39 Å². The van der Waals surface area contributed by atoms with Gasteiger partial charge in [-0.2, -0.15) is 0 Å². The van der Waals surface area contributed by atoms with Crippen LogP contribution in [0, 0.1) is 12.7 Å². The van der Waals surface area contributed by atoms with Gasteiger partial charge < -0.3 is 14.5 Å². The van der Waals surface area contributed by atoms with E-state index in [1.807, 2.05) is 31.2 Å². The second kappa shape index (κ2) is 8.22. The fraction of sp³-hybridized carbons (Fsp3) is 0.158. The molecule has 0 aliphatic heterocycles. The number of hydrogen-bond acceptors (Lipinski definition) is 6. The SMILES string of the molecule is Cc1cccc(-c2nnc(COC(=O)CNC(=O)c3ccccc3F)o2)c1. The Bertz CT molecular complexity index is 971. The predicted octanol–water partition coefficient (Wildman–Crippen LogP) is 2.66. The molecule has 0 fully saturated rings. The first-order valence-corrected chi connectivity index (χ1v) is 8.10. The van der Waals surface area contributed by atoms with Gasteiger partial charge >= 0.3 is 5.97 Å². The summed E-state index contributed by atoms with van der Waals surface area (Å²) >= 11 is 0. The first-order chi connectivity index (χ1) is 13.0. The highest BCUT2D eigenvalue weighted by molar-refractivity contribution is 5.96. The van der Waals surface area contributed by atoms with Gasteiger partial charge in [0.2, 0.25) is 5.89 Å². The zero-order chi connectivity index (χ0) is 19.2. The number of aromatic nitrogens is 2. The Kier molecular flexibility index (Phi) is 5.55. The minimum absolute atomic E-state index is 0.125. The minimum Gasteiger partial charge on any atom is -0.454 e. The number of carbonyl (C=O) groups excluding carboxylic acids is 2. The molecule has 138 valence electrons. The maximum absolute atomic E-state index is 13.5. The maximum atomic E-state index is 13.5. The molecule has 3 rings (SSSR count). The smallest absolute Gasteiger partial charge is 0.325 e. The number of benzene rings is 2. The minimum atomic E-state index is -0.713. The molecule has 0 radical (unpaired) electrons. The van der Waals surface area contributed by atoms with E-state index in [2.05, 4.69) is 15.5 Å². The number of carbonyl (C=O) groups is 2. The molecular weight excluding hydrogens is 353 g/mol. The molecule has 0 atom stereocenters. The number of nitrogens with one attached hydrogen (secondary N) is 1. The van der Waals surface area contributed by atoms with E-state index in [0.717, 1.165) is 17.2 Å². The second-order valence-electron chi connectivity index (χ2n) is 5.69. The lowest BCUT2D eigenvalue weighted by Crippen LogP contribution is -2.31. The molecule has 2 aromatic carbocycles. The number of halogens is 1. The molecule has 3 aromatic rings. The van der Waals surface area contributed by atoms with Crippen molar-refractivity contribution in [3.8, 4) is 11.5 Å². The number of esters is 1. The van der Waals surface area contributed by atoms with Crippen molar-refractivity contribution < 1.29 is 23.1 Å². The molecule has 0 spiro atoms. The van der Waals surface area contributed by atoms with E-state index in [-0.39, 0.29) is 18.1 Å². The van der Waals surface area contributed by atoms with Gasteiger partial charge in [0.25, 0.3) is 11.8 Å². The zero-order valence-corrected chi connectivity index (χ0v) is 14.4. The van der Waals surface area contributed by atoms with Gasteiger partial charge in [-0.1, -0.05) is 29.8 Å². The number of ether oxygens (including phenoxy) is 1. The Morgan fingerprint density at radius 2 is 1.96 bits per heavy atom. The molecule has 1 aromatic heterocycles. The van der Waals surface area contributed by atoms with Crippen LogP contribution in [0.4, 0.5) is 4.39 Å². The maximum Gasteiger partial charge on any atom is 0.325 e. The van der Waals surface area contributed by atoms with Crippen LogP contribution >= 0.6 is 0 Å². The van der Waals surface area contributed by atoms with Gasteiger partial charge in [0.05, 0.1) is 5.56 Å². The molecule has 0 bridgehead atoms. The summed E-state index contributed by atoms with van der Waals surface area (Å²) in [6.07, 6.45) is 0. The van der Waals surface area contributed by atoms with E-state index in [9.17, 15) is 14.0 Å². The van der Waals surface area contributed by atoms with Crippen LogP contribution in [-0.2, 0) is 16.1 Å². The first kappa shape index (κ1) is 18.2. The van der Waals surface area contributed by atoms with Crippen molar-refractivity contribution in [2.24, 2.45) is 0 Å². The highest BCUT2D eigenvalue weighted by Crippen LogP contribution is 2.19. The van der Waals surface area contributed by atoms with Gasteiger partial charge in [0, 0.05) is 5.56 Å². The summed E-state index contributed by atoms with van der Waals surface area (Å²) < 4.78 is 23.9. The van der Waals surface area contributed by atoms with Crippen molar-refractivity contribution in [3.05, 3.63) is 71.4 Å². The molecule has 0 aliphatic carbocycles. The van der Waals surface area contributed by atoms with Gasteiger partial charge in [0.1, 0.15) is 12.4 Å². The summed E-state index contributed by atoms with van der Waals surface area (Å²) in [5.41, 5.74) is 1.66. The van der Waals surface area contributed by atoms with Crippen molar-refractivity contribution in [1.82, 2.24) is 15.5 Å². The molecule has 0 saturated carbocycles. The van der Waals surface area contributed by atoms with E-state index in [1.54, 1.807) is 0 Å². The first-order valence-electron chi connectivity index (χ1n) is 8.10. The Morgan fingerprint density at radius 1 is 1.15 bits per heavy atom. The van der Waals surface area contributed by atoms with E-state index in [1.165, 1.54) is 18.2 Å². The molecule has 1 heterocycles. The summed E-state index contributed by atoms with van der Waals surface area (Å²) in [5.74, 6) is -1.64. The number of rotatable bonds is 6. The molecule has 0 aliphatic rings. The van der Waals surface area contributed by atoms with Crippen LogP contribution in [-0.4, -0.2) is 28.6 Å². The normalized spacial score (nSPS) is 10.4. The highest BCUT2D eigenvalue weighted by Gasteiger charge is 2.14. The molecule has 27 heavy (non-hydrogen) atoms. The van der Waals surface area contributed by atoms with Gasteiger partial charge in [-0.05, 0) is 31.2 Å². The summed E-state index contributed by atoms with van der Waals surface area (Å²) in [6.45, 7) is 1.30. The zero-order valence-electron chi connectivity index (χ0n) is 14.4. The molecular formula is C19H16FN3O4. The fourth-order valence-corrected chi connectivity index (χ4v) is 2.29. The molecule has 7 nitrogen and oxygen atoms in total. The average molecular weight is 369 g/mol. The second-order valence-corrected chi connectivity index (χ2v) is 5.69. The number of nitrogens with zero attached hydrogens (tertiary/aromatic N) is 2. The van der Waals surface area contributed by atoms with E-state index < -0.39 is 24.2 Å². The molecule has 0 unspecified atom stereocenters. The lowest BCUT2D eigenvalue weighted by Gasteiger charge is -2.05.